The molecule has 0 unspecified atom stereocenters. The van der Waals surface area contributed by atoms with Gasteiger partial charge in [0.2, 0.25) is 5.88 Å². The molecule has 7 rings (SSSR count). The van der Waals surface area contributed by atoms with Crippen LogP contribution in [0, 0.1) is 6.92 Å². The highest BCUT2D eigenvalue weighted by Gasteiger charge is 2.59. The van der Waals surface area contributed by atoms with Crippen LogP contribution in [-0.2, 0) is 4.74 Å². The summed E-state index contributed by atoms with van der Waals surface area (Å²) in [6.07, 6.45) is 4.06. The number of hydrogen-bond acceptors (Lipinski definition) is 10. The van der Waals surface area contributed by atoms with Crippen molar-refractivity contribution in [1.82, 2.24) is 29.5 Å². The Morgan fingerprint density at radius 2 is 1.82 bits per heavy atom. The monoisotopic (exact) mass is 529 g/mol. The van der Waals surface area contributed by atoms with E-state index in [1.54, 1.807) is 23.1 Å². The van der Waals surface area contributed by atoms with Crippen LogP contribution in [0.25, 0.3) is 16.6 Å². The molecule has 2 N–H and O–H groups in total. The summed E-state index contributed by atoms with van der Waals surface area (Å²) >= 11 is 0. The SMILES string of the molecule is Cc1cc(Nc2ncnc3ccc(NC4=NC5(CO4)CC(F)(F)C5)cc23)ccc1Oc1cc2nncn2cn1. The van der Waals surface area contributed by atoms with Gasteiger partial charge in [-0.15, -0.1) is 10.2 Å². The molecule has 13 heteroatoms. The van der Waals surface area contributed by atoms with Crippen LogP contribution in [0.4, 0.5) is 26.0 Å². The lowest BCUT2D eigenvalue weighted by Gasteiger charge is -2.40. The first kappa shape index (κ1) is 23.2. The van der Waals surface area contributed by atoms with Gasteiger partial charge in [0.05, 0.1) is 5.52 Å². The third-order valence-corrected chi connectivity index (χ3v) is 6.69. The zero-order chi connectivity index (χ0) is 26.6. The number of nitrogens with one attached hydrogen (secondary N) is 2. The summed E-state index contributed by atoms with van der Waals surface area (Å²) in [4.78, 5) is 17.4. The first-order chi connectivity index (χ1) is 18.8. The molecule has 39 heavy (non-hydrogen) atoms. The second-order valence-corrected chi connectivity index (χ2v) is 9.75. The quantitative estimate of drug-likeness (QED) is 0.328. The minimum atomic E-state index is -2.67. The molecule has 0 saturated heterocycles. The molecule has 0 atom stereocenters. The van der Waals surface area contributed by atoms with Gasteiger partial charge in [0.15, 0.2) is 5.65 Å². The molecule has 3 aromatic heterocycles. The van der Waals surface area contributed by atoms with Gasteiger partial charge in [0.1, 0.15) is 42.7 Å². The molecule has 196 valence electrons. The summed E-state index contributed by atoms with van der Waals surface area (Å²) in [6, 6.07) is 13.1. The van der Waals surface area contributed by atoms with E-state index in [0.29, 0.717) is 28.8 Å². The van der Waals surface area contributed by atoms with Crippen molar-refractivity contribution >= 4 is 39.8 Å². The molecule has 1 aliphatic heterocycles. The number of aliphatic imine (C=N–C) groups is 1. The highest BCUT2D eigenvalue weighted by atomic mass is 19.3. The lowest BCUT2D eigenvalue weighted by molar-refractivity contribution is -0.125. The van der Waals surface area contributed by atoms with Gasteiger partial charge in [-0.2, -0.15) is 0 Å². The largest absolute Gasteiger partial charge is 0.462 e. The van der Waals surface area contributed by atoms with Crippen LogP contribution in [0.1, 0.15) is 18.4 Å². The fraction of sp³-hybridized carbons (Fsp3) is 0.231. The lowest BCUT2D eigenvalue weighted by Crippen LogP contribution is -2.51. The standard InChI is InChI=1S/C26H21F2N9O2/c1-15-6-16(3-5-20(15)39-22-8-21-36-32-14-37(21)13-31-22)33-23-18-7-17(2-4-19(18)29-12-30-23)34-24-35-25(11-38-24)9-26(27,28)10-25/h2-8,12-14H,9-11H2,1H3,(H,34,35)(H,29,30,33). The number of alkyl halides is 2. The molecule has 5 aromatic rings. The van der Waals surface area contributed by atoms with Crippen molar-refractivity contribution in [1.29, 1.82) is 0 Å². The molecule has 0 radical (unpaired) electrons. The van der Waals surface area contributed by atoms with Gasteiger partial charge in [-0.1, -0.05) is 0 Å². The minimum Gasteiger partial charge on any atom is -0.462 e. The number of ether oxygens (including phenoxy) is 2. The smallest absolute Gasteiger partial charge is 0.289 e. The summed E-state index contributed by atoms with van der Waals surface area (Å²) in [5, 5.41) is 15.0. The molecule has 1 aliphatic carbocycles. The Kier molecular flexibility index (Phi) is 5.08. The fourth-order valence-electron chi connectivity index (χ4n) is 4.85. The van der Waals surface area contributed by atoms with Gasteiger partial charge in [0, 0.05) is 35.7 Å². The van der Waals surface area contributed by atoms with E-state index in [9.17, 15) is 8.78 Å². The number of fused-ring (bicyclic) bond motifs is 2. The number of rotatable bonds is 5. The second kappa shape index (κ2) is 8.55. The Labute approximate surface area is 220 Å². The van der Waals surface area contributed by atoms with Gasteiger partial charge in [-0.3, -0.25) is 4.40 Å². The van der Waals surface area contributed by atoms with Gasteiger partial charge < -0.3 is 20.1 Å². The zero-order valence-corrected chi connectivity index (χ0v) is 20.6. The van der Waals surface area contributed by atoms with E-state index >= 15 is 0 Å². The molecule has 1 saturated carbocycles. The molecule has 1 spiro atoms. The number of aromatic nitrogens is 6. The molecule has 11 nitrogen and oxygen atoms in total. The van der Waals surface area contributed by atoms with Crippen LogP contribution in [0.15, 0.2) is 66.4 Å². The Morgan fingerprint density at radius 1 is 0.974 bits per heavy atom. The third-order valence-electron chi connectivity index (χ3n) is 6.69. The maximum atomic E-state index is 13.4. The zero-order valence-electron chi connectivity index (χ0n) is 20.6. The van der Waals surface area contributed by atoms with Gasteiger partial charge in [0.25, 0.3) is 11.9 Å². The topological polar surface area (TPSA) is 124 Å². The molecule has 0 bridgehead atoms. The maximum Gasteiger partial charge on any atom is 0.289 e. The van der Waals surface area contributed by atoms with E-state index in [-0.39, 0.29) is 25.5 Å². The maximum absolute atomic E-state index is 13.4. The first-order valence-electron chi connectivity index (χ1n) is 12.2. The Bertz CT molecular complexity index is 1760. The molecule has 4 heterocycles. The van der Waals surface area contributed by atoms with E-state index in [2.05, 4.69) is 40.8 Å². The average molecular weight is 530 g/mol. The number of hydrogen-bond donors (Lipinski definition) is 2. The van der Waals surface area contributed by atoms with Crippen molar-refractivity contribution in [3.63, 3.8) is 0 Å². The summed E-state index contributed by atoms with van der Waals surface area (Å²) in [5.74, 6) is -1.01. The summed E-state index contributed by atoms with van der Waals surface area (Å²) in [5.41, 5.74) is 2.90. The van der Waals surface area contributed by atoms with Crippen LogP contribution < -0.4 is 15.4 Å². The van der Waals surface area contributed by atoms with Crippen molar-refractivity contribution in [2.24, 2.45) is 4.99 Å². The summed E-state index contributed by atoms with van der Waals surface area (Å²) in [7, 11) is 0. The number of nitrogens with zero attached hydrogens (tertiary/aromatic N) is 7. The van der Waals surface area contributed by atoms with E-state index in [0.717, 1.165) is 22.2 Å². The van der Waals surface area contributed by atoms with E-state index in [1.165, 1.54) is 6.33 Å². The highest BCUT2D eigenvalue weighted by Crippen LogP contribution is 2.50. The van der Waals surface area contributed by atoms with Crippen molar-refractivity contribution in [3.05, 3.63) is 67.0 Å². The van der Waals surface area contributed by atoms with Crippen LogP contribution >= 0.6 is 0 Å². The van der Waals surface area contributed by atoms with Crippen molar-refractivity contribution in [3.8, 4) is 11.6 Å². The van der Waals surface area contributed by atoms with Crippen LogP contribution in [-0.4, -0.2) is 53.6 Å². The number of anilines is 3. The predicted molar refractivity (Wildman–Crippen MR) is 139 cm³/mol. The minimum absolute atomic E-state index is 0.152. The molecule has 1 fully saturated rings. The third kappa shape index (κ3) is 4.41. The number of benzene rings is 2. The molecule has 2 aromatic carbocycles. The van der Waals surface area contributed by atoms with Crippen LogP contribution in [0.3, 0.4) is 0 Å². The van der Waals surface area contributed by atoms with Crippen LogP contribution in [0.5, 0.6) is 11.6 Å². The fourth-order valence-corrected chi connectivity index (χ4v) is 4.85. The van der Waals surface area contributed by atoms with Crippen molar-refractivity contribution in [2.75, 3.05) is 17.2 Å². The molecular weight excluding hydrogens is 508 g/mol. The number of amidine groups is 1. The Morgan fingerprint density at radius 3 is 2.67 bits per heavy atom. The second-order valence-electron chi connectivity index (χ2n) is 9.75. The summed E-state index contributed by atoms with van der Waals surface area (Å²) < 4.78 is 40.0. The van der Waals surface area contributed by atoms with Crippen LogP contribution in [0.2, 0.25) is 0 Å². The van der Waals surface area contributed by atoms with Crippen molar-refractivity contribution in [2.45, 2.75) is 31.2 Å². The van der Waals surface area contributed by atoms with Gasteiger partial charge in [-0.25, -0.2) is 28.7 Å². The normalized spacial score (nSPS) is 17.1. The Balaban J connectivity index is 1.10. The van der Waals surface area contributed by atoms with Crippen molar-refractivity contribution < 1.29 is 18.3 Å². The summed E-state index contributed by atoms with van der Waals surface area (Å²) in [6.45, 7) is 2.09. The highest BCUT2D eigenvalue weighted by molar-refractivity contribution is 5.97. The predicted octanol–water partition coefficient (Wildman–Crippen LogP) is 4.88. The molecular formula is C26H21F2N9O2. The number of aryl methyl sites for hydroxylation is 1. The van der Waals surface area contributed by atoms with E-state index in [1.807, 2.05) is 43.3 Å². The van der Waals surface area contributed by atoms with Gasteiger partial charge >= 0.3 is 0 Å². The Hall–Kier alpha value is -4.94. The first-order valence-corrected chi connectivity index (χ1v) is 12.2. The van der Waals surface area contributed by atoms with E-state index < -0.39 is 11.5 Å². The average Bonchev–Trinajstić information content (AvgIpc) is 3.52. The lowest BCUT2D eigenvalue weighted by atomic mass is 9.75. The van der Waals surface area contributed by atoms with Gasteiger partial charge in [-0.05, 0) is 48.9 Å². The van der Waals surface area contributed by atoms with E-state index in [4.69, 9.17) is 9.47 Å². The molecule has 0 amide bonds. The number of halogens is 2. The molecule has 2 aliphatic rings.